The van der Waals surface area contributed by atoms with E-state index in [0.717, 1.165) is 11.2 Å². The van der Waals surface area contributed by atoms with Crippen LogP contribution in [0.1, 0.15) is 34.3 Å². The van der Waals surface area contributed by atoms with E-state index in [1.165, 1.54) is 16.5 Å². The Kier molecular flexibility index (Phi) is 6.82. The van der Waals surface area contributed by atoms with Gasteiger partial charge < -0.3 is 20.4 Å². The summed E-state index contributed by atoms with van der Waals surface area (Å²) in [6.45, 7) is 2.78. The highest BCUT2D eigenvalue weighted by Gasteiger charge is 2.18. The number of esters is 1. The predicted octanol–water partition coefficient (Wildman–Crippen LogP) is 5.46. The summed E-state index contributed by atoms with van der Waals surface area (Å²) in [6, 6.07) is 25.8. The average molecular weight is 444 g/mol. The van der Waals surface area contributed by atoms with Gasteiger partial charge in [-0.05, 0) is 60.6 Å². The average Bonchev–Trinajstić information content (AvgIpc) is 3.25. The molecule has 0 radical (unpaired) electrons. The highest BCUT2D eigenvalue weighted by molar-refractivity contribution is 7.80. The van der Waals surface area contributed by atoms with Gasteiger partial charge in [-0.2, -0.15) is 0 Å². The number of rotatable bonds is 7. The summed E-state index contributed by atoms with van der Waals surface area (Å²) in [7, 11) is 0. The number of fused-ring (bicyclic) bond motifs is 1. The Balaban J connectivity index is 1.46. The van der Waals surface area contributed by atoms with Crippen molar-refractivity contribution >= 4 is 39.9 Å². The topological polar surface area (TPSA) is 66.2 Å². The fourth-order valence-electron chi connectivity index (χ4n) is 3.75. The molecule has 0 fully saturated rings. The number of para-hydroxylation sites is 1. The Labute approximate surface area is 192 Å². The fourth-order valence-corrected chi connectivity index (χ4v) is 3.95. The molecular weight excluding hydrogens is 418 g/mol. The number of hydrogen-bond donors (Lipinski definition) is 3. The van der Waals surface area contributed by atoms with E-state index in [2.05, 4.69) is 64.3 Å². The molecule has 1 atom stereocenters. The Morgan fingerprint density at radius 1 is 1.00 bits per heavy atom. The Morgan fingerprint density at radius 3 is 2.47 bits per heavy atom. The van der Waals surface area contributed by atoms with Crippen LogP contribution in [0.5, 0.6) is 0 Å². The van der Waals surface area contributed by atoms with Crippen molar-refractivity contribution in [3.63, 3.8) is 0 Å². The molecule has 4 aromatic rings. The van der Waals surface area contributed by atoms with E-state index >= 15 is 0 Å². The van der Waals surface area contributed by atoms with Crippen LogP contribution in [-0.4, -0.2) is 29.2 Å². The molecule has 1 heterocycles. The molecule has 32 heavy (non-hydrogen) atoms. The van der Waals surface area contributed by atoms with Crippen LogP contribution >= 0.6 is 12.2 Å². The smallest absolute Gasteiger partial charge is 0.338 e. The first-order valence-corrected chi connectivity index (χ1v) is 11.0. The third-order valence-electron chi connectivity index (χ3n) is 5.32. The van der Waals surface area contributed by atoms with Gasteiger partial charge in [-0.25, -0.2) is 4.79 Å². The minimum atomic E-state index is -0.329. The maximum atomic E-state index is 11.8. The zero-order chi connectivity index (χ0) is 22.3. The number of anilines is 1. The van der Waals surface area contributed by atoms with Gasteiger partial charge in [-0.3, -0.25) is 0 Å². The maximum absolute atomic E-state index is 11.8. The van der Waals surface area contributed by atoms with Gasteiger partial charge in [0.25, 0.3) is 0 Å². The third kappa shape index (κ3) is 4.98. The quantitative estimate of drug-likeness (QED) is 0.261. The predicted molar refractivity (Wildman–Crippen MR) is 133 cm³/mol. The van der Waals surface area contributed by atoms with Crippen LogP contribution < -0.4 is 10.6 Å². The lowest BCUT2D eigenvalue weighted by Crippen LogP contribution is -2.32. The number of carbonyl (C=O) groups excluding carboxylic acids is 1. The summed E-state index contributed by atoms with van der Waals surface area (Å²) < 4.78 is 5.02. The number of H-pyrrole nitrogens is 1. The van der Waals surface area contributed by atoms with Crippen LogP contribution in [-0.2, 0) is 4.74 Å². The van der Waals surface area contributed by atoms with Crippen molar-refractivity contribution in [1.82, 2.24) is 10.3 Å². The summed E-state index contributed by atoms with van der Waals surface area (Å²) in [6.07, 6.45) is 2.08. The molecule has 0 aliphatic heterocycles. The van der Waals surface area contributed by atoms with Crippen molar-refractivity contribution in [2.45, 2.75) is 12.8 Å². The second kappa shape index (κ2) is 10.1. The van der Waals surface area contributed by atoms with Crippen molar-refractivity contribution in [2.75, 3.05) is 18.5 Å². The summed E-state index contributed by atoms with van der Waals surface area (Å²) >= 11 is 5.53. The second-order valence-electron chi connectivity index (χ2n) is 7.39. The Morgan fingerprint density at radius 2 is 1.72 bits per heavy atom. The Bertz CT molecular complexity index is 1200. The number of thiocarbonyl (C=S) groups is 1. The SMILES string of the molecule is CCOC(=O)c1ccc(NC(=S)NC[C@@H](c2ccccc2)c2c[nH]c3ccccc23)cc1. The molecule has 3 N–H and O–H groups in total. The summed E-state index contributed by atoms with van der Waals surface area (Å²) in [4.78, 5) is 15.2. The van der Waals surface area contributed by atoms with Gasteiger partial charge in [0.1, 0.15) is 0 Å². The second-order valence-corrected chi connectivity index (χ2v) is 7.79. The van der Waals surface area contributed by atoms with Crippen molar-refractivity contribution in [2.24, 2.45) is 0 Å². The molecule has 0 aliphatic rings. The normalized spacial score (nSPS) is 11.7. The van der Waals surface area contributed by atoms with E-state index in [4.69, 9.17) is 17.0 Å². The van der Waals surface area contributed by atoms with Gasteiger partial charge in [0.2, 0.25) is 0 Å². The van der Waals surface area contributed by atoms with Gasteiger partial charge in [-0.1, -0.05) is 48.5 Å². The molecule has 5 nitrogen and oxygen atoms in total. The standard InChI is InChI=1S/C26H25N3O2S/c1-2-31-25(30)19-12-14-20(15-13-19)29-26(32)28-16-22(18-8-4-3-5-9-18)23-17-27-24-11-7-6-10-21(23)24/h3-15,17,22,27H,2,16H2,1H3,(H2,28,29,32)/t22-/m0/s1. The lowest BCUT2D eigenvalue weighted by Gasteiger charge is -2.20. The molecular formula is C26H25N3O2S. The van der Waals surface area contributed by atoms with Gasteiger partial charge in [0, 0.05) is 35.2 Å². The molecule has 0 aliphatic carbocycles. The molecule has 0 saturated heterocycles. The molecule has 0 bridgehead atoms. The largest absolute Gasteiger partial charge is 0.462 e. The number of benzene rings is 3. The maximum Gasteiger partial charge on any atom is 0.338 e. The number of carbonyl (C=O) groups is 1. The number of ether oxygens (including phenoxy) is 1. The number of hydrogen-bond acceptors (Lipinski definition) is 3. The van der Waals surface area contributed by atoms with Crippen LogP contribution in [0.4, 0.5) is 5.69 Å². The van der Waals surface area contributed by atoms with Crippen molar-refractivity contribution < 1.29 is 9.53 Å². The van der Waals surface area contributed by atoms with Gasteiger partial charge in [0.05, 0.1) is 12.2 Å². The fraction of sp³-hybridized carbons (Fsp3) is 0.154. The zero-order valence-corrected chi connectivity index (χ0v) is 18.6. The van der Waals surface area contributed by atoms with E-state index < -0.39 is 0 Å². The zero-order valence-electron chi connectivity index (χ0n) is 17.8. The minimum absolute atomic E-state index is 0.123. The third-order valence-corrected chi connectivity index (χ3v) is 5.57. The van der Waals surface area contributed by atoms with Crippen LogP contribution in [0.15, 0.2) is 85.1 Å². The molecule has 0 unspecified atom stereocenters. The highest BCUT2D eigenvalue weighted by Crippen LogP contribution is 2.30. The number of aromatic nitrogens is 1. The van der Waals surface area contributed by atoms with Crippen molar-refractivity contribution in [3.05, 3.63) is 102 Å². The van der Waals surface area contributed by atoms with E-state index in [-0.39, 0.29) is 11.9 Å². The first kappa shape index (κ1) is 21.6. The van der Waals surface area contributed by atoms with E-state index in [1.807, 2.05) is 24.3 Å². The summed E-state index contributed by atoms with van der Waals surface area (Å²) in [5, 5.41) is 8.27. The van der Waals surface area contributed by atoms with Gasteiger partial charge in [0.15, 0.2) is 5.11 Å². The summed E-state index contributed by atoms with van der Waals surface area (Å²) in [5.41, 5.74) is 4.87. The molecule has 0 spiro atoms. The van der Waals surface area contributed by atoms with Crippen LogP contribution in [0.25, 0.3) is 10.9 Å². The van der Waals surface area contributed by atoms with Crippen LogP contribution in [0.3, 0.4) is 0 Å². The first-order chi connectivity index (χ1) is 15.7. The van der Waals surface area contributed by atoms with Crippen molar-refractivity contribution in [3.8, 4) is 0 Å². The van der Waals surface area contributed by atoms with E-state index in [0.29, 0.717) is 23.8 Å². The minimum Gasteiger partial charge on any atom is -0.462 e. The molecule has 1 aromatic heterocycles. The van der Waals surface area contributed by atoms with E-state index in [9.17, 15) is 4.79 Å². The monoisotopic (exact) mass is 443 g/mol. The molecule has 6 heteroatoms. The lowest BCUT2D eigenvalue weighted by molar-refractivity contribution is 0.0526. The first-order valence-electron chi connectivity index (χ1n) is 10.6. The van der Waals surface area contributed by atoms with E-state index in [1.54, 1.807) is 19.1 Å². The molecule has 162 valence electrons. The molecule has 0 saturated carbocycles. The van der Waals surface area contributed by atoms with Crippen LogP contribution in [0.2, 0.25) is 0 Å². The van der Waals surface area contributed by atoms with Crippen molar-refractivity contribution in [1.29, 1.82) is 0 Å². The number of nitrogens with one attached hydrogen (secondary N) is 3. The number of aromatic amines is 1. The molecule has 0 amide bonds. The van der Waals surface area contributed by atoms with Gasteiger partial charge >= 0.3 is 5.97 Å². The van der Waals surface area contributed by atoms with Gasteiger partial charge in [-0.15, -0.1) is 0 Å². The lowest BCUT2D eigenvalue weighted by atomic mass is 9.91. The van der Waals surface area contributed by atoms with Crippen LogP contribution in [0, 0.1) is 0 Å². The molecule has 4 rings (SSSR count). The Hall–Kier alpha value is -3.64. The summed E-state index contributed by atoms with van der Waals surface area (Å²) in [5.74, 6) is -0.206. The highest BCUT2D eigenvalue weighted by atomic mass is 32.1. The molecule has 3 aromatic carbocycles.